The van der Waals surface area contributed by atoms with Crippen LogP contribution in [-0.4, -0.2) is 14.8 Å². The second-order valence-corrected chi connectivity index (χ2v) is 2.05. The molecule has 68 valence electrons. The van der Waals surface area contributed by atoms with Gasteiger partial charge in [-0.05, 0) is 4.92 Å². The molecule has 0 aromatic carbocycles. The quantitative estimate of drug-likeness (QED) is 0.520. The summed E-state index contributed by atoms with van der Waals surface area (Å²) in [4.78, 5) is 31.2. The summed E-state index contributed by atoms with van der Waals surface area (Å²) in [6.45, 7) is 0. The maximum Gasteiger partial charge on any atom is 0.408 e. The number of nitrogens with zero attached hydrogens (tertiary/aromatic N) is 2. The molecule has 0 unspecified atom stereocenters. The predicted molar refractivity (Wildman–Crippen MR) is 40.4 cm³/mol. The van der Waals surface area contributed by atoms with Gasteiger partial charge in [0.25, 0.3) is 5.43 Å². The Bertz CT molecular complexity index is 422. The van der Waals surface area contributed by atoms with Crippen LogP contribution >= 0.6 is 0 Å². The van der Waals surface area contributed by atoms with Gasteiger partial charge < -0.3 is 10.1 Å². The van der Waals surface area contributed by atoms with Gasteiger partial charge in [-0.2, -0.15) is 0 Å². The van der Waals surface area contributed by atoms with Crippen molar-refractivity contribution in [3.63, 3.8) is 0 Å². The molecule has 8 heteroatoms. The number of rotatable bonds is 2. The monoisotopic (exact) mass is 185 g/mol. The fourth-order valence-electron chi connectivity index (χ4n) is 0.776. The third kappa shape index (κ3) is 1.50. The molecule has 0 aliphatic carbocycles. The fourth-order valence-corrected chi connectivity index (χ4v) is 0.776. The van der Waals surface area contributed by atoms with Crippen LogP contribution in [0.4, 0.5) is 11.5 Å². The smallest absolute Gasteiger partial charge is 0.358 e. The van der Waals surface area contributed by atoms with E-state index < -0.39 is 26.8 Å². The summed E-state index contributed by atoms with van der Waals surface area (Å²) in [5, 5.41) is 20.4. The number of H-pyrrole nitrogens is 1. The summed E-state index contributed by atoms with van der Waals surface area (Å²) in [5.41, 5.74) is -2.04. The fraction of sp³-hybridized carbons (Fsp3) is 0. The number of aromatic amines is 1. The standard InChI is InChI=1S/C5H3N3O5/c9-3-1-2-6-5(8(12)13)4(3)7(10)11/h1-2H,(H,6,9). The van der Waals surface area contributed by atoms with Crippen molar-refractivity contribution in [1.29, 1.82) is 0 Å². The minimum atomic E-state index is -1.09. The molecule has 1 aromatic rings. The zero-order valence-corrected chi connectivity index (χ0v) is 6.09. The summed E-state index contributed by atoms with van der Waals surface area (Å²) in [7, 11) is 0. The lowest BCUT2D eigenvalue weighted by molar-refractivity contribution is -0.426. The minimum absolute atomic E-state index is 0.852. The van der Waals surface area contributed by atoms with Crippen molar-refractivity contribution in [2.75, 3.05) is 0 Å². The van der Waals surface area contributed by atoms with E-state index in [-0.39, 0.29) is 0 Å². The molecule has 13 heavy (non-hydrogen) atoms. The molecule has 0 aliphatic rings. The normalized spacial score (nSPS) is 9.54. The second-order valence-electron chi connectivity index (χ2n) is 2.05. The summed E-state index contributed by atoms with van der Waals surface area (Å²) in [6, 6.07) is 0.852. The molecule has 8 nitrogen and oxygen atoms in total. The van der Waals surface area contributed by atoms with Gasteiger partial charge in [-0.25, -0.2) is 4.98 Å². The van der Waals surface area contributed by atoms with Crippen LogP contribution in [-0.2, 0) is 0 Å². The van der Waals surface area contributed by atoms with Crippen molar-refractivity contribution in [2.45, 2.75) is 0 Å². The number of pyridine rings is 1. The van der Waals surface area contributed by atoms with Gasteiger partial charge in [0.2, 0.25) is 0 Å². The number of aromatic nitrogens is 1. The third-order valence-corrected chi connectivity index (χ3v) is 1.28. The van der Waals surface area contributed by atoms with Gasteiger partial charge in [0.15, 0.2) is 0 Å². The summed E-state index contributed by atoms with van der Waals surface area (Å²) in [6.07, 6.45) is 0.980. The van der Waals surface area contributed by atoms with Crippen molar-refractivity contribution in [3.05, 3.63) is 42.7 Å². The van der Waals surface area contributed by atoms with Gasteiger partial charge in [0.1, 0.15) is 0 Å². The van der Waals surface area contributed by atoms with Crippen LogP contribution in [0.1, 0.15) is 0 Å². The van der Waals surface area contributed by atoms with Crippen LogP contribution < -0.4 is 5.43 Å². The number of hydrogen-bond donors (Lipinski definition) is 1. The van der Waals surface area contributed by atoms with Gasteiger partial charge >= 0.3 is 11.5 Å². The molecule has 0 amide bonds. The van der Waals surface area contributed by atoms with E-state index >= 15 is 0 Å². The highest BCUT2D eigenvalue weighted by Crippen LogP contribution is 2.17. The lowest BCUT2D eigenvalue weighted by atomic mass is 10.4. The molecule has 0 aliphatic heterocycles. The van der Waals surface area contributed by atoms with Crippen LogP contribution in [0.15, 0.2) is 17.1 Å². The Morgan fingerprint density at radius 3 is 2.23 bits per heavy atom. The van der Waals surface area contributed by atoms with E-state index in [0.29, 0.717) is 0 Å². The topological polar surface area (TPSA) is 119 Å². The molecule has 1 heterocycles. The van der Waals surface area contributed by atoms with E-state index in [0.717, 1.165) is 12.3 Å². The van der Waals surface area contributed by atoms with Crippen molar-refractivity contribution < 1.29 is 9.85 Å². The van der Waals surface area contributed by atoms with E-state index in [1.807, 2.05) is 4.98 Å². The molecule has 1 aromatic heterocycles. The Labute approximate surface area is 70.1 Å². The summed E-state index contributed by atoms with van der Waals surface area (Å²) >= 11 is 0. The highest BCUT2D eigenvalue weighted by atomic mass is 16.6. The van der Waals surface area contributed by atoms with E-state index in [4.69, 9.17) is 0 Å². The Kier molecular flexibility index (Phi) is 2.05. The zero-order chi connectivity index (χ0) is 10.0. The Balaban J connectivity index is 3.52. The Morgan fingerprint density at radius 1 is 1.23 bits per heavy atom. The molecule has 0 saturated carbocycles. The summed E-state index contributed by atoms with van der Waals surface area (Å²) in [5.74, 6) is -0.905. The predicted octanol–water partition coefficient (Wildman–Crippen LogP) is 0.191. The largest absolute Gasteiger partial charge is 0.408 e. The first-order chi connectivity index (χ1) is 6.04. The number of nitro groups is 2. The molecule has 0 fully saturated rings. The average molecular weight is 185 g/mol. The number of nitrogens with one attached hydrogen (secondary N) is 1. The lowest BCUT2D eigenvalue weighted by Gasteiger charge is -1.93. The Hall–Kier alpha value is -2.25. The first-order valence-corrected chi connectivity index (χ1v) is 3.04. The third-order valence-electron chi connectivity index (χ3n) is 1.28. The van der Waals surface area contributed by atoms with Crippen molar-refractivity contribution in [2.24, 2.45) is 0 Å². The van der Waals surface area contributed by atoms with Crippen LogP contribution in [0, 0.1) is 20.2 Å². The van der Waals surface area contributed by atoms with E-state index in [1.165, 1.54) is 0 Å². The summed E-state index contributed by atoms with van der Waals surface area (Å²) < 4.78 is 0. The molecule has 0 radical (unpaired) electrons. The molecule has 0 spiro atoms. The van der Waals surface area contributed by atoms with Crippen molar-refractivity contribution >= 4 is 11.5 Å². The van der Waals surface area contributed by atoms with Gasteiger partial charge in [-0.3, -0.25) is 14.9 Å². The van der Waals surface area contributed by atoms with Crippen LogP contribution in [0.2, 0.25) is 0 Å². The van der Waals surface area contributed by atoms with E-state index in [9.17, 15) is 25.0 Å². The van der Waals surface area contributed by atoms with Crippen LogP contribution in [0.25, 0.3) is 0 Å². The van der Waals surface area contributed by atoms with Crippen molar-refractivity contribution in [3.8, 4) is 0 Å². The van der Waals surface area contributed by atoms with Crippen LogP contribution in [0.3, 0.4) is 0 Å². The highest BCUT2D eigenvalue weighted by molar-refractivity contribution is 5.45. The van der Waals surface area contributed by atoms with Gasteiger partial charge in [-0.15, -0.1) is 0 Å². The molecule has 1 N–H and O–H groups in total. The van der Waals surface area contributed by atoms with Gasteiger partial charge in [0, 0.05) is 6.07 Å². The molecule has 1 rings (SSSR count). The highest BCUT2D eigenvalue weighted by Gasteiger charge is 2.26. The zero-order valence-electron chi connectivity index (χ0n) is 6.09. The molecule has 0 atom stereocenters. The Morgan fingerprint density at radius 2 is 1.85 bits per heavy atom. The van der Waals surface area contributed by atoms with Gasteiger partial charge in [-0.1, -0.05) is 0 Å². The molecular formula is C5H3N3O5. The molecule has 0 bridgehead atoms. The molecular weight excluding hydrogens is 182 g/mol. The first-order valence-electron chi connectivity index (χ1n) is 3.04. The van der Waals surface area contributed by atoms with Crippen molar-refractivity contribution in [1.82, 2.24) is 4.98 Å². The van der Waals surface area contributed by atoms with Gasteiger partial charge in [0.05, 0.1) is 11.1 Å². The average Bonchev–Trinajstić information content (AvgIpc) is 2.02. The number of hydrogen-bond acceptors (Lipinski definition) is 5. The van der Waals surface area contributed by atoms with E-state index in [2.05, 4.69) is 0 Å². The maximum atomic E-state index is 10.8. The lowest BCUT2D eigenvalue weighted by Crippen LogP contribution is -2.10. The molecule has 0 saturated heterocycles. The maximum absolute atomic E-state index is 10.8. The SMILES string of the molecule is O=c1cc[nH]c([N+](=O)[O-])c1[N+](=O)[O-]. The van der Waals surface area contributed by atoms with E-state index in [1.54, 1.807) is 0 Å². The second kappa shape index (κ2) is 3.01. The van der Waals surface area contributed by atoms with Crippen LogP contribution in [0.5, 0.6) is 0 Å². The first kappa shape index (κ1) is 8.84. The minimum Gasteiger partial charge on any atom is -0.358 e.